The minimum atomic E-state index is -1.04. The van der Waals surface area contributed by atoms with Crippen LogP contribution < -0.4 is 0 Å². The maximum Gasteiger partial charge on any atom is 0.371 e. The lowest BCUT2D eigenvalue weighted by Crippen LogP contribution is -2.38. The van der Waals surface area contributed by atoms with Crippen LogP contribution in [0.4, 0.5) is 0 Å². The normalized spacial score (nSPS) is 20.0. The van der Waals surface area contributed by atoms with E-state index in [0.29, 0.717) is 11.7 Å². The number of aromatic carboxylic acids is 1. The highest BCUT2D eigenvalue weighted by Gasteiger charge is 2.19. The Bertz CT molecular complexity index is 649. The van der Waals surface area contributed by atoms with Gasteiger partial charge < -0.3 is 14.3 Å². The topological polar surface area (TPSA) is 62.9 Å². The lowest BCUT2D eigenvalue weighted by Gasteiger charge is -2.31. The van der Waals surface area contributed by atoms with E-state index in [-0.39, 0.29) is 5.76 Å². The zero-order chi connectivity index (χ0) is 14.8. The minimum absolute atomic E-state index is 0.0143. The summed E-state index contributed by atoms with van der Waals surface area (Å²) in [5, 5.41) is 9.79. The molecule has 1 aliphatic rings. The molecule has 5 nitrogen and oxygen atoms in total. The molecule has 2 heterocycles. The van der Waals surface area contributed by atoms with Crippen LogP contribution >= 0.6 is 0 Å². The second-order valence-electron chi connectivity index (χ2n) is 5.52. The number of piperidine rings is 1. The number of methoxy groups -OCH3 is 1. The van der Waals surface area contributed by atoms with Crippen molar-refractivity contribution in [3.8, 4) is 0 Å². The summed E-state index contributed by atoms with van der Waals surface area (Å²) < 4.78 is 10.7. The molecule has 3 rings (SSSR count). The van der Waals surface area contributed by atoms with E-state index in [2.05, 4.69) is 4.90 Å². The lowest BCUT2D eigenvalue weighted by atomic mass is 10.1. The fourth-order valence-corrected chi connectivity index (χ4v) is 2.90. The van der Waals surface area contributed by atoms with Crippen molar-refractivity contribution in [1.29, 1.82) is 0 Å². The molecule has 0 aliphatic carbocycles. The van der Waals surface area contributed by atoms with Gasteiger partial charge in [0.2, 0.25) is 5.76 Å². The molecule has 1 N–H and O–H groups in total. The summed E-state index contributed by atoms with van der Waals surface area (Å²) in [4.78, 5) is 13.3. The maximum absolute atomic E-state index is 10.9. The fourth-order valence-electron chi connectivity index (χ4n) is 2.90. The molecule has 0 amide bonds. The Kier molecular flexibility index (Phi) is 3.94. The van der Waals surface area contributed by atoms with E-state index in [1.165, 1.54) is 0 Å². The number of carboxylic acids is 1. The Hall–Kier alpha value is -1.85. The first-order chi connectivity index (χ1) is 10.2. The molecule has 0 spiro atoms. The van der Waals surface area contributed by atoms with Crippen molar-refractivity contribution >= 4 is 16.9 Å². The van der Waals surface area contributed by atoms with E-state index >= 15 is 0 Å². The number of ether oxygens (including phenoxy) is 1. The third-order valence-corrected chi connectivity index (χ3v) is 3.99. The van der Waals surface area contributed by atoms with Gasteiger partial charge in [-0.3, -0.25) is 4.90 Å². The molecular weight excluding hydrogens is 270 g/mol. The number of rotatable bonds is 4. The van der Waals surface area contributed by atoms with Crippen molar-refractivity contribution in [3.05, 3.63) is 35.6 Å². The summed E-state index contributed by atoms with van der Waals surface area (Å²) in [5.74, 6) is -1.05. The first kappa shape index (κ1) is 14.1. The Morgan fingerprint density at radius 2 is 2.33 bits per heavy atom. The van der Waals surface area contributed by atoms with Crippen molar-refractivity contribution in [1.82, 2.24) is 4.90 Å². The molecule has 1 aromatic heterocycles. The third-order valence-electron chi connectivity index (χ3n) is 3.99. The molecule has 1 aromatic carbocycles. The van der Waals surface area contributed by atoms with Gasteiger partial charge in [0.15, 0.2) is 0 Å². The molecule has 2 aromatic rings. The second-order valence-corrected chi connectivity index (χ2v) is 5.52. The zero-order valence-corrected chi connectivity index (χ0v) is 12.0. The van der Waals surface area contributed by atoms with Crippen LogP contribution in [0.3, 0.4) is 0 Å². The zero-order valence-electron chi connectivity index (χ0n) is 12.0. The van der Waals surface area contributed by atoms with Crippen molar-refractivity contribution in [2.24, 2.45) is 0 Å². The van der Waals surface area contributed by atoms with Gasteiger partial charge in [-0.15, -0.1) is 0 Å². The molecule has 1 atom stereocenters. The number of carbonyl (C=O) groups is 1. The molecular formula is C16H19NO4. The van der Waals surface area contributed by atoms with E-state index in [0.717, 1.165) is 43.4 Å². The molecule has 1 saturated heterocycles. The van der Waals surface area contributed by atoms with Crippen molar-refractivity contribution in [3.63, 3.8) is 0 Å². The summed E-state index contributed by atoms with van der Waals surface area (Å²) in [6.45, 7) is 2.87. The summed E-state index contributed by atoms with van der Waals surface area (Å²) >= 11 is 0. The number of nitrogens with zero attached hydrogens (tertiary/aromatic N) is 1. The molecule has 21 heavy (non-hydrogen) atoms. The van der Waals surface area contributed by atoms with E-state index in [9.17, 15) is 4.79 Å². The smallest absolute Gasteiger partial charge is 0.371 e. The van der Waals surface area contributed by atoms with Crippen LogP contribution in [0.25, 0.3) is 11.0 Å². The van der Waals surface area contributed by atoms with E-state index in [1.807, 2.05) is 18.2 Å². The van der Waals surface area contributed by atoms with Gasteiger partial charge in [0.25, 0.3) is 0 Å². The Balaban J connectivity index is 1.76. The lowest BCUT2D eigenvalue weighted by molar-refractivity contribution is 0.0285. The van der Waals surface area contributed by atoms with Gasteiger partial charge in [0.05, 0.1) is 6.10 Å². The van der Waals surface area contributed by atoms with Gasteiger partial charge in [-0.1, -0.05) is 6.07 Å². The molecule has 0 saturated carbocycles. The van der Waals surface area contributed by atoms with Gasteiger partial charge in [-0.25, -0.2) is 4.79 Å². The van der Waals surface area contributed by atoms with Gasteiger partial charge in [-0.2, -0.15) is 0 Å². The van der Waals surface area contributed by atoms with Crippen LogP contribution in [-0.4, -0.2) is 42.3 Å². The monoisotopic (exact) mass is 289 g/mol. The quantitative estimate of drug-likeness (QED) is 0.937. The van der Waals surface area contributed by atoms with Crippen LogP contribution in [0, 0.1) is 0 Å². The van der Waals surface area contributed by atoms with Gasteiger partial charge in [0.1, 0.15) is 5.58 Å². The highest BCUT2D eigenvalue weighted by molar-refractivity contribution is 5.91. The fraction of sp³-hybridized carbons (Fsp3) is 0.438. The van der Waals surface area contributed by atoms with Gasteiger partial charge in [-0.05, 0) is 43.1 Å². The summed E-state index contributed by atoms with van der Waals surface area (Å²) in [5.41, 5.74) is 1.78. The van der Waals surface area contributed by atoms with Crippen LogP contribution in [0.15, 0.2) is 28.7 Å². The summed E-state index contributed by atoms with van der Waals surface area (Å²) in [7, 11) is 1.76. The molecule has 0 radical (unpaired) electrons. The van der Waals surface area contributed by atoms with Crippen molar-refractivity contribution in [2.45, 2.75) is 25.5 Å². The number of carboxylic acid groups (broad SMARTS) is 1. The van der Waals surface area contributed by atoms with E-state index in [4.69, 9.17) is 14.3 Å². The molecule has 112 valence electrons. The number of furan rings is 1. The average molecular weight is 289 g/mol. The predicted molar refractivity (Wildman–Crippen MR) is 78.5 cm³/mol. The first-order valence-electron chi connectivity index (χ1n) is 7.16. The average Bonchev–Trinajstić information content (AvgIpc) is 2.91. The van der Waals surface area contributed by atoms with Crippen molar-refractivity contribution in [2.75, 3.05) is 20.2 Å². The maximum atomic E-state index is 10.9. The van der Waals surface area contributed by atoms with Crippen LogP contribution in [0.2, 0.25) is 0 Å². The first-order valence-corrected chi connectivity index (χ1v) is 7.16. The number of fused-ring (bicyclic) bond motifs is 1. The highest BCUT2D eigenvalue weighted by atomic mass is 16.5. The number of benzene rings is 1. The Morgan fingerprint density at radius 1 is 1.48 bits per heavy atom. The number of likely N-dealkylation sites (tertiary alicyclic amines) is 1. The Labute approximate surface area is 123 Å². The molecule has 1 unspecified atom stereocenters. The SMILES string of the molecule is COC1CCCN(Cc2ccc3oc(C(=O)O)cc3c2)C1. The minimum Gasteiger partial charge on any atom is -0.475 e. The van der Waals surface area contributed by atoms with Gasteiger partial charge in [0, 0.05) is 25.6 Å². The molecule has 0 bridgehead atoms. The second kappa shape index (κ2) is 5.87. The molecule has 5 heteroatoms. The Morgan fingerprint density at radius 3 is 3.10 bits per heavy atom. The van der Waals surface area contributed by atoms with Crippen LogP contribution in [-0.2, 0) is 11.3 Å². The highest BCUT2D eigenvalue weighted by Crippen LogP contribution is 2.22. The standard InChI is InChI=1S/C16H19NO4/c1-20-13-3-2-6-17(10-13)9-11-4-5-14-12(7-11)8-15(21-14)16(18)19/h4-5,7-8,13H,2-3,6,9-10H2,1H3,(H,18,19). The third kappa shape index (κ3) is 3.09. The van der Waals surface area contributed by atoms with E-state index in [1.54, 1.807) is 13.2 Å². The molecule has 1 fully saturated rings. The molecule has 1 aliphatic heterocycles. The van der Waals surface area contributed by atoms with Crippen LogP contribution in [0.5, 0.6) is 0 Å². The predicted octanol–water partition coefficient (Wildman–Crippen LogP) is 2.74. The largest absolute Gasteiger partial charge is 0.475 e. The van der Waals surface area contributed by atoms with E-state index < -0.39 is 5.97 Å². The van der Waals surface area contributed by atoms with Crippen molar-refractivity contribution < 1.29 is 19.1 Å². The van der Waals surface area contributed by atoms with Crippen LogP contribution in [0.1, 0.15) is 29.0 Å². The number of hydrogen-bond donors (Lipinski definition) is 1. The number of hydrogen-bond acceptors (Lipinski definition) is 4. The van der Waals surface area contributed by atoms with Gasteiger partial charge >= 0.3 is 5.97 Å². The summed E-state index contributed by atoms with van der Waals surface area (Å²) in [6.07, 6.45) is 2.58. The summed E-state index contributed by atoms with van der Waals surface area (Å²) in [6, 6.07) is 7.42.